The van der Waals surface area contributed by atoms with Gasteiger partial charge in [0.1, 0.15) is 0 Å². The molecule has 0 atom stereocenters. The van der Waals surface area contributed by atoms with Gasteiger partial charge in [-0.1, -0.05) is 34.8 Å². The minimum Gasteiger partial charge on any atom is -0.491 e. The normalized spacial score (nSPS) is 11.7. The highest BCUT2D eigenvalue weighted by atomic mass is 35.6. The Balaban J connectivity index is 2.77. The van der Waals surface area contributed by atoms with E-state index in [1.165, 1.54) is 17.1 Å². The molecule has 0 aliphatic rings. The molecule has 0 amide bonds. The molecule has 12 heavy (non-hydrogen) atoms. The van der Waals surface area contributed by atoms with Crippen LogP contribution in [0.1, 0.15) is 6.92 Å². The molecule has 0 aromatic carbocycles. The van der Waals surface area contributed by atoms with Gasteiger partial charge in [-0.2, -0.15) is 5.10 Å². The molecule has 0 saturated carbocycles. The number of halogens is 3. The molecule has 0 unspecified atom stereocenters. The van der Waals surface area contributed by atoms with Gasteiger partial charge in [0.25, 0.3) is 3.92 Å². The molecule has 1 aromatic rings. The Kier molecular flexibility index (Phi) is 3.09. The lowest BCUT2D eigenvalue weighted by Gasteiger charge is -2.09. The van der Waals surface area contributed by atoms with E-state index >= 15 is 0 Å². The summed E-state index contributed by atoms with van der Waals surface area (Å²) in [5.41, 5.74) is 0. The van der Waals surface area contributed by atoms with E-state index in [1.54, 1.807) is 0 Å². The van der Waals surface area contributed by atoms with Crippen LogP contribution in [0.5, 0.6) is 5.75 Å². The van der Waals surface area contributed by atoms with E-state index in [4.69, 9.17) is 39.5 Å². The number of rotatable bonds is 2. The average molecular weight is 229 g/mol. The zero-order chi connectivity index (χ0) is 9.19. The Labute approximate surface area is 85.2 Å². The molecule has 0 saturated heterocycles. The third-order valence-electron chi connectivity index (χ3n) is 1.13. The summed E-state index contributed by atoms with van der Waals surface area (Å²) in [5, 5.41) is 3.80. The molecule has 0 spiro atoms. The van der Waals surface area contributed by atoms with Crippen molar-refractivity contribution >= 4 is 34.8 Å². The fourth-order valence-electron chi connectivity index (χ4n) is 0.686. The predicted octanol–water partition coefficient (Wildman–Crippen LogP) is 2.57. The Morgan fingerprint density at radius 2 is 2.25 bits per heavy atom. The zero-order valence-electron chi connectivity index (χ0n) is 6.30. The largest absolute Gasteiger partial charge is 0.491 e. The molecule has 0 radical (unpaired) electrons. The molecule has 1 heterocycles. The summed E-state index contributed by atoms with van der Waals surface area (Å²) in [6, 6.07) is 0. The molecule has 6 heteroatoms. The maximum absolute atomic E-state index is 5.55. The van der Waals surface area contributed by atoms with Crippen LogP contribution in [0, 0.1) is 0 Å². The molecule has 1 rings (SSSR count). The van der Waals surface area contributed by atoms with E-state index < -0.39 is 3.92 Å². The zero-order valence-corrected chi connectivity index (χ0v) is 8.57. The molecule has 1 aromatic heterocycles. The van der Waals surface area contributed by atoms with Gasteiger partial charge in [0.15, 0.2) is 5.75 Å². The molecule has 0 N–H and O–H groups in total. The number of alkyl halides is 3. The average Bonchev–Trinajstić information content (AvgIpc) is 2.35. The lowest BCUT2D eigenvalue weighted by Crippen LogP contribution is -2.12. The van der Waals surface area contributed by atoms with E-state index in [0.29, 0.717) is 12.4 Å². The van der Waals surface area contributed by atoms with Crippen LogP contribution in [0.15, 0.2) is 12.4 Å². The van der Waals surface area contributed by atoms with Crippen LogP contribution in [0.25, 0.3) is 0 Å². The summed E-state index contributed by atoms with van der Waals surface area (Å²) in [4.78, 5) is 0. The van der Waals surface area contributed by atoms with Crippen LogP contribution in [-0.2, 0) is 3.92 Å². The van der Waals surface area contributed by atoms with Gasteiger partial charge in [-0.05, 0) is 6.92 Å². The van der Waals surface area contributed by atoms with Crippen LogP contribution >= 0.6 is 34.8 Å². The second-order valence-electron chi connectivity index (χ2n) is 2.02. The first kappa shape index (κ1) is 9.96. The molecule has 0 aliphatic heterocycles. The van der Waals surface area contributed by atoms with Crippen molar-refractivity contribution in [1.82, 2.24) is 9.78 Å². The monoisotopic (exact) mass is 228 g/mol. The second kappa shape index (κ2) is 3.73. The lowest BCUT2D eigenvalue weighted by atomic mass is 10.6. The van der Waals surface area contributed by atoms with Crippen LogP contribution < -0.4 is 4.74 Å². The minimum atomic E-state index is -1.55. The Bertz CT molecular complexity index is 256. The molecule has 0 fully saturated rings. The van der Waals surface area contributed by atoms with E-state index in [1.807, 2.05) is 6.92 Å². The first-order valence-corrected chi connectivity index (χ1v) is 4.42. The van der Waals surface area contributed by atoms with Crippen LogP contribution in [0.2, 0.25) is 0 Å². The lowest BCUT2D eigenvalue weighted by molar-refractivity contribution is 0.339. The Hall–Kier alpha value is -0.120. The van der Waals surface area contributed by atoms with E-state index in [0.717, 1.165) is 0 Å². The highest BCUT2D eigenvalue weighted by Crippen LogP contribution is 2.32. The Morgan fingerprint density at radius 3 is 2.67 bits per heavy atom. The van der Waals surface area contributed by atoms with Crippen molar-refractivity contribution < 1.29 is 4.74 Å². The quantitative estimate of drug-likeness (QED) is 0.729. The number of ether oxygens (including phenoxy) is 1. The fourth-order valence-corrected chi connectivity index (χ4v) is 0.963. The first-order chi connectivity index (χ1) is 5.54. The smallest absolute Gasteiger partial charge is 0.286 e. The third kappa shape index (κ3) is 2.44. The van der Waals surface area contributed by atoms with Crippen LogP contribution in [0.3, 0.4) is 0 Å². The molecule has 3 nitrogen and oxygen atoms in total. The first-order valence-electron chi connectivity index (χ1n) is 3.28. The third-order valence-corrected chi connectivity index (χ3v) is 1.65. The van der Waals surface area contributed by atoms with Crippen LogP contribution in [0.4, 0.5) is 0 Å². The van der Waals surface area contributed by atoms with Crippen molar-refractivity contribution in [2.24, 2.45) is 0 Å². The topological polar surface area (TPSA) is 27.1 Å². The molecular weight excluding hydrogens is 222 g/mol. The fraction of sp³-hybridized carbons (Fsp3) is 0.500. The number of nitrogens with zero attached hydrogens (tertiary/aromatic N) is 2. The van der Waals surface area contributed by atoms with Gasteiger partial charge in [-0.15, -0.1) is 0 Å². The molecular formula is C6H7Cl3N2O. The number of hydrogen-bond donors (Lipinski definition) is 0. The van der Waals surface area contributed by atoms with E-state index in [9.17, 15) is 0 Å². The molecule has 0 aliphatic carbocycles. The van der Waals surface area contributed by atoms with Gasteiger partial charge in [0.2, 0.25) is 0 Å². The van der Waals surface area contributed by atoms with Gasteiger partial charge in [-0.3, -0.25) is 0 Å². The molecule has 68 valence electrons. The van der Waals surface area contributed by atoms with Crippen LogP contribution in [-0.4, -0.2) is 16.4 Å². The molecule has 0 bridgehead atoms. The predicted molar refractivity (Wildman–Crippen MR) is 48.9 cm³/mol. The summed E-state index contributed by atoms with van der Waals surface area (Å²) < 4.78 is 4.77. The summed E-state index contributed by atoms with van der Waals surface area (Å²) in [6.45, 7) is 2.43. The van der Waals surface area contributed by atoms with Crippen molar-refractivity contribution in [1.29, 1.82) is 0 Å². The van der Waals surface area contributed by atoms with Crippen molar-refractivity contribution in [3.63, 3.8) is 0 Å². The van der Waals surface area contributed by atoms with Crippen molar-refractivity contribution in [3.8, 4) is 5.75 Å². The summed E-state index contributed by atoms with van der Waals surface area (Å²) in [5.74, 6) is 0.587. The van der Waals surface area contributed by atoms with Crippen molar-refractivity contribution in [2.45, 2.75) is 10.8 Å². The van der Waals surface area contributed by atoms with E-state index in [-0.39, 0.29) is 0 Å². The number of hydrogen-bond acceptors (Lipinski definition) is 2. The highest BCUT2D eigenvalue weighted by Gasteiger charge is 2.23. The summed E-state index contributed by atoms with van der Waals surface area (Å²) in [6.07, 6.45) is 3.02. The van der Waals surface area contributed by atoms with Crippen molar-refractivity contribution in [3.05, 3.63) is 12.4 Å². The maximum Gasteiger partial charge on any atom is 0.286 e. The highest BCUT2D eigenvalue weighted by molar-refractivity contribution is 6.64. The SMILES string of the molecule is CCOc1cnn(C(Cl)(Cl)Cl)c1. The van der Waals surface area contributed by atoms with Gasteiger partial charge >= 0.3 is 0 Å². The van der Waals surface area contributed by atoms with E-state index in [2.05, 4.69) is 5.10 Å². The van der Waals surface area contributed by atoms with Gasteiger partial charge in [-0.25, -0.2) is 4.68 Å². The van der Waals surface area contributed by atoms with Gasteiger partial charge in [0.05, 0.1) is 19.0 Å². The van der Waals surface area contributed by atoms with Gasteiger partial charge < -0.3 is 4.74 Å². The summed E-state index contributed by atoms with van der Waals surface area (Å²) in [7, 11) is 0. The summed E-state index contributed by atoms with van der Waals surface area (Å²) >= 11 is 16.6. The Morgan fingerprint density at radius 1 is 1.58 bits per heavy atom. The van der Waals surface area contributed by atoms with Gasteiger partial charge in [0, 0.05) is 0 Å². The minimum absolute atomic E-state index is 0.561. The second-order valence-corrected chi connectivity index (χ2v) is 4.24. The van der Waals surface area contributed by atoms with Crippen molar-refractivity contribution in [2.75, 3.05) is 6.61 Å². The standard InChI is InChI=1S/C6H7Cl3N2O/c1-2-12-5-3-10-11(4-5)6(7,8)9/h3-4H,2H2,1H3. The number of aromatic nitrogens is 2. The maximum atomic E-state index is 5.55.